The van der Waals surface area contributed by atoms with E-state index in [1.807, 2.05) is 72.8 Å². The molecule has 1 unspecified atom stereocenters. The van der Waals surface area contributed by atoms with Crippen LogP contribution in [0, 0.1) is 0 Å². The van der Waals surface area contributed by atoms with Gasteiger partial charge in [-0.1, -0.05) is 48.5 Å². The molecule has 2 heterocycles. The second-order valence-electron chi connectivity index (χ2n) is 8.90. The summed E-state index contributed by atoms with van der Waals surface area (Å²) in [6.45, 7) is 1.38. The number of nitrogens with one attached hydrogen (secondary N) is 1. The van der Waals surface area contributed by atoms with E-state index in [0.717, 1.165) is 28.2 Å². The smallest absolute Gasteiger partial charge is 0.243 e. The topological polar surface area (TPSA) is 89.5 Å². The molecule has 1 N–H and O–H groups in total. The first-order chi connectivity index (χ1) is 18.1. The Labute approximate surface area is 215 Å². The van der Waals surface area contributed by atoms with Crippen molar-refractivity contribution in [3.05, 3.63) is 89.5 Å². The number of carbonyl (C=O) groups excluding carboxylic acids is 2. The number of rotatable bonds is 8. The third kappa shape index (κ3) is 5.74. The van der Waals surface area contributed by atoms with Crippen molar-refractivity contribution in [3.63, 3.8) is 0 Å². The van der Waals surface area contributed by atoms with Gasteiger partial charge in [-0.15, -0.1) is 0 Å². The minimum atomic E-state index is -0.241. The largest absolute Gasteiger partial charge is 0.497 e. The normalized spacial score (nSPS) is 16.2. The van der Waals surface area contributed by atoms with E-state index in [2.05, 4.69) is 10.4 Å². The van der Waals surface area contributed by atoms with Crippen LogP contribution in [0.25, 0.3) is 0 Å². The molecular weight excluding hydrogens is 470 g/mol. The maximum absolute atomic E-state index is 13.3. The molecule has 1 atom stereocenters. The summed E-state index contributed by atoms with van der Waals surface area (Å²) in [5.74, 6) is 1.74. The van der Waals surface area contributed by atoms with Gasteiger partial charge in [0.25, 0.3) is 0 Å². The molecule has 8 heteroatoms. The number of amides is 2. The van der Waals surface area contributed by atoms with Gasteiger partial charge in [0.1, 0.15) is 19.0 Å². The number of fused-ring (bicyclic) bond motifs is 1. The van der Waals surface area contributed by atoms with Crippen LogP contribution in [0.2, 0.25) is 0 Å². The number of hydrogen-bond acceptors (Lipinski definition) is 6. The van der Waals surface area contributed by atoms with Crippen LogP contribution in [0.5, 0.6) is 17.2 Å². The summed E-state index contributed by atoms with van der Waals surface area (Å²) >= 11 is 0. The predicted octanol–water partition coefficient (Wildman–Crippen LogP) is 4.24. The van der Waals surface area contributed by atoms with Crippen LogP contribution in [0.4, 0.5) is 0 Å². The fourth-order valence-electron chi connectivity index (χ4n) is 4.45. The van der Waals surface area contributed by atoms with E-state index >= 15 is 0 Å². The van der Waals surface area contributed by atoms with Crippen molar-refractivity contribution in [3.8, 4) is 17.2 Å². The van der Waals surface area contributed by atoms with Gasteiger partial charge >= 0.3 is 0 Å². The molecule has 2 aliphatic rings. The molecule has 37 heavy (non-hydrogen) atoms. The van der Waals surface area contributed by atoms with Gasteiger partial charge in [0, 0.05) is 25.8 Å². The summed E-state index contributed by atoms with van der Waals surface area (Å²) in [6, 6.07) is 22.9. The molecule has 0 aliphatic carbocycles. The van der Waals surface area contributed by atoms with Gasteiger partial charge in [0.2, 0.25) is 11.8 Å². The number of carbonyl (C=O) groups is 2. The van der Waals surface area contributed by atoms with E-state index in [9.17, 15) is 9.59 Å². The van der Waals surface area contributed by atoms with Crippen LogP contribution in [-0.4, -0.2) is 42.9 Å². The summed E-state index contributed by atoms with van der Waals surface area (Å²) in [4.78, 5) is 25.8. The van der Waals surface area contributed by atoms with Gasteiger partial charge < -0.3 is 19.5 Å². The third-order valence-electron chi connectivity index (χ3n) is 6.44. The Kier molecular flexibility index (Phi) is 7.35. The number of benzene rings is 3. The molecule has 0 saturated heterocycles. The Morgan fingerprint density at radius 1 is 0.973 bits per heavy atom. The molecule has 0 spiro atoms. The highest BCUT2D eigenvalue weighted by atomic mass is 16.6. The van der Waals surface area contributed by atoms with Crippen LogP contribution in [0.15, 0.2) is 77.9 Å². The first kappa shape index (κ1) is 24.4. The summed E-state index contributed by atoms with van der Waals surface area (Å²) in [5.41, 5.74) is 3.69. The SMILES string of the molecule is COc1ccc(C2CC(c3ccccc3)=NN2C(=O)CCC(=O)NCc2ccc3c(c2)OCCO3)cc1. The lowest BCUT2D eigenvalue weighted by Crippen LogP contribution is -2.29. The molecule has 0 saturated carbocycles. The van der Waals surface area contributed by atoms with Crippen molar-refractivity contribution in [2.24, 2.45) is 5.10 Å². The second-order valence-corrected chi connectivity index (χ2v) is 8.90. The summed E-state index contributed by atoms with van der Waals surface area (Å²) < 4.78 is 16.4. The molecule has 0 bridgehead atoms. The molecule has 3 aromatic rings. The summed E-state index contributed by atoms with van der Waals surface area (Å²) in [7, 11) is 1.62. The zero-order chi connectivity index (χ0) is 25.6. The van der Waals surface area contributed by atoms with Crippen LogP contribution in [-0.2, 0) is 16.1 Å². The minimum Gasteiger partial charge on any atom is -0.497 e. The van der Waals surface area contributed by atoms with Crippen LogP contribution in [0.1, 0.15) is 42.0 Å². The van der Waals surface area contributed by atoms with E-state index in [1.165, 1.54) is 5.01 Å². The Morgan fingerprint density at radius 2 is 1.73 bits per heavy atom. The molecule has 2 aliphatic heterocycles. The molecule has 0 fully saturated rings. The van der Waals surface area contributed by atoms with Gasteiger partial charge in [-0.05, 0) is 41.0 Å². The fourth-order valence-corrected chi connectivity index (χ4v) is 4.45. The molecule has 190 valence electrons. The summed E-state index contributed by atoms with van der Waals surface area (Å²) in [5, 5.41) is 9.09. The molecular formula is C29H29N3O5. The Hall–Kier alpha value is -4.33. The number of hydrogen-bond donors (Lipinski definition) is 1. The number of nitrogens with zero attached hydrogens (tertiary/aromatic N) is 2. The molecule has 5 rings (SSSR count). The monoisotopic (exact) mass is 499 g/mol. The lowest BCUT2D eigenvalue weighted by molar-refractivity contribution is -0.135. The van der Waals surface area contributed by atoms with Crippen molar-refractivity contribution in [1.29, 1.82) is 0 Å². The third-order valence-corrected chi connectivity index (χ3v) is 6.44. The van der Waals surface area contributed by atoms with E-state index in [4.69, 9.17) is 14.2 Å². The zero-order valence-electron chi connectivity index (χ0n) is 20.7. The zero-order valence-corrected chi connectivity index (χ0v) is 20.7. The number of methoxy groups -OCH3 is 1. The molecule has 8 nitrogen and oxygen atoms in total. The lowest BCUT2D eigenvalue weighted by Gasteiger charge is -2.22. The van der Waals surface area contributed by atoms with E-state index in [1.54, 1.807) is 7.11 Å². The average Bonchev–Trinajstić information content (AvgIpc) is 3.41. The predicted molar refractivity (Wildman–Crippen MR) is 139 cm³/mol. The van der Waals surface area contributed by atoms with Crippen LogP contribution < -0.4 is 19.5 Å². The minimum absolute atomic E-state index is 0.0607. The van der Waals surface area contributed by atoms with Gasteiger partial charge in [0.15, 0.2) is 11.5 Å². The highest BCUT2D eigenvalue weighted by Crippen LogP contribution is 2.34. The highest BCUT2D eigenvalue weighted by molar-refractivity contribution is 6.03. The summed E-state index contributed by atoms with van der Waals surface area (Å²) in [6.07, 6.45) is 0.731. The first-order valence-corrected chi connectivity index (χ1v) is 12.3. The maximum atomic E-state index is 13.3. The van der Waals surface area contributed by atoms with Crippen molar-refractivity contribution in [2.45, 2.75) is 31.8 Å². The quantitative estimate of drug-likeness (QED) is 0.501. The molecule has 2 amide bonds. The lowest BCUT2D eigenvalue weighted by atomic mass is 9.98. The maximum Gasteiger partial charge on any atom is 0.243 e. The van der Waals surface area contributed by atoms with Crippen molar-refractivity contribution >= 4 is 17.5 Å². The van der Waals surface area contributed by atoms with Crippen molar-refractivity contribution in [1.82, 2.24) is 10.3 Å². The van der Waals surface area contributed by atoms with E-state index in [-0.39, 0.29) is 30.7 Å². The average molecular weight is 500 g/mol. The molecule has 3 aromatic carbocycles. The van der Waals surface area contributed by atoms with Crippen LogP contribution in [0.3, 0.4) is 0 Å². The van der Waals surface area contributed by atoms with Gasteiger partial charge in [-0.2, -0.15) is 5.10 Å². The van der Waals surface area contributed by atoms with E-state index < -0.39 is 0 Å². The van der Waals surface area contributed by atoms with E-state index in [0.29, 0.717) is 37.7 Å². The van der Waals surface area contributed by atoms with Gasteiger partial charge in [0.05, 0.1) is 18.9 Å². The fraction of sp³-hybridized carbons (Fsp3) is 0.276. The van der Waals surface area contributed by atoms with Gasteiger partial charge in [-0.25, -0.2) is 5.01 Å². The van der Waals surface area contributed by atoms with Gasteiger partial charge in [-0.3, -0.25) is 9.59 Å². The Balaban J connectivity index is 1.22. The second kappa shape index (κ2) is 11.2. The number of ether oxygens (including phenoxy) is 3. The van der Waals surface area contributed by atoms with Crippen molar-refractivity contribution in [2.75, 3.05) is 20.3 Å². The Morgan fingerprint density at radius 3 is 2.49 bits per heavy atom. The standard InChI is InChI=1S/C29H29N3O5/c1-35-23-10-8-22(9-11-23)25-18-24(21-5-3-2-4-6-21)31-32(25)29(34)14-13-28(33)30-19-20-7-12-26-27(17-20)37-16-15-36-26/h2-12,17,25H,13-16,18-19H2,1H3,(H,30,33). The highest BCUT2D eigenvalue weighted by Gasteiger charge is 2.33. The first-order valence-electron chi connectivity index (χ1n) is 12.3. The van der Waals surface area contributed by atoms with Crippen LogP contribution >= 0.6 is 0 Å². The molecule has 0 radical (unpaired) electrons. The Bertz CT molecular complexity index is 1290. The molecule has 0 aromatic heterocycles. The van der Waals surface area contributed by atoms with Crippen molar-refractivity contribution < 1.29 is 23.8 Å². The number of hydrazone groups is 1.